The Bertz CT molecular complexity index is 836. The number of hydrogen-bond acceptors (Lipinski definition) is 4. The first-order valence-electron chi connectivity index (χ1n) is 8.10. The maximum absolute atomic E-state index is 12.4. The summed E-state index contributed by atoms with van der Waals surface area (Å²) in [4.78, 5) is 35.5. The molecular weight excluding hydrogens is 334 g/mol. The number of benzene rings is 2. The van der Waals surface area contributed by atoms with Crippen LogP contribution in [0.5, 0.6) is 0 Å². The number of carbonyl (C=O) groups is 3. The number of carbonyl (C=O) groups excluding carboxylic acids is 2. The van der Waals surface area contributed by atoms with E-state index in [9.17, 15) is 14.4 Å². The highest BCUT2D eigenvalue weighted by molar-refractivity contribution is 6.06. The van der Waals surface area contributed by atoms with Crippen LogP contribution in [0.25, 0.3) is 0 Å². The molecular formula is C20H21NO5. The predicted octanol–water partition coefficient (Wildman–Crippen LogP) is 3.52. The zero-order chi connectivity index (χ0) is 19.3. The molecule has 2 rings (SSSR count). The topological polar surface area (TPSA) is 92.7 Å². The van der Waals surface area contributed by atoms with E-state index in [1.54, 1.807) is 45.0 Å². The summed E-state index contributed by atoms with van der Waals surface area (Å²) in [5.74, 6) is -1.96. The van der Waals surface area contributed by atoms with Crippen molar-refractivity contribution in [1.82, 2.24) is 0 Å². The minimum atomic E-state index is -1.11. The lowest BCUT2D eigenvalue weighted by Gasteiger charge is -2.20. The SMILES string of the molecule is CC(C)(C)OC(=O)Cc1ccccc1NC(=O)c1cccc(C(=O)O)c1. The Hall–Kier alpha value is -3.15. The molecule has 2 N–H and O–H groups in total. The van der Waals surface area contributed by atoms with Gasteiger partial charge >= 0.3 is 11.9 Å². The number of para-hydroxylation sites is 1. The zero-order valence-electron chi connectivity index (χ0n) is 14.9. The summed E-state index contributed by atoms with van der Waals surface area (Å²) in [5, 5.41) is 11.8. The monoisotopic (exact) mass is 355 g/mol. The summed E-state index contributed by atoms with van der Waals surface area (Å²) < 4.78 is 5.31. The molecule has 26 heavy (non-hydrogen) atoms. The van der Waals surface area contributed by atoms with Crippen molar-refractivity contribution in [2.45, 2.75) is 32.8 Å². The highest BCUT2D eigenvalue weighted by Gasteiger charge is 2.18. The van der Waals surface area contributed by atoms with Gasteiger partial charge in [0, 0.05) is 11.3 Å². The highest BCUT2D eigenvalue weighted by Crippen LogP contribution is 2.19. The minimum absolute atomic E-state index is 0.0168. The van der Waals surface area contributed by atoms with E-state index >= 15 is 0 Å². The van der Waals surface area contributed by atoms with Gasteiger partial charge in [-0.15, -0.1) is 0 Å². The van der Waals surface area contributed by atoms with Crippen molar-refractivity contribution in [2.24, 2.45) is 0 Å². The van der Waals surface area contributed by atoms with Crippen molar-refractivity contribution in [1.29, 1.82) is 0 Å². The molecule has 6 nitrogen and oxygen atoms in total. The molecule has 136 valence electrons. The Morgan fingerprint density at radius 3 is 2.31 bits per heavy atom. The molecule has 2 aromatic carbocycles. The molecule has 1 amide bonds. The van der Waals surface area contributed by atoms with E-state index in [2.05, 4.69) is 5.32 Å². The molecule has 0 aliphatic carbocycles. The van der Waals surface area contributed by atoms with Gasteiger partial charge in [-0.2, -0.15) is 0 Å². The van der Waals surface area contributed by atoms with Crippen LogP contribution in [-0.4, -0.2) is 28.6 Å². The number of esters is 1. The van der Waals surface area contributed by atoms with Crippen molar-refractivity contribution in [3.63, 3.8) is 0 Å². The van der Waals surface area contributed by atoms with Crippen LogP contribution in [0.1, 0.15) is 47.1 Å². The van der Waals surface area contributed by atoms with E-state index in [0.29, 0.717) is 11.3 Å². The van der Waals surface area contributed by atoms with Crippen LogP contribution < -0.4 is 5.32 Å². The average molecular weight is 355 g/mol. The summed E-state index contributed by atoms with van der Waals surface area (Å²) in [6.07, 6.45) is 0.0168. The van der Waals surface area contributed by atoms with Gasteiger partial charge in [-0.25, -0.2) is 4.79 Å². The van der Waals surface area contributed by atoms with Crippen LogP contribution in [0.2, 0.25) is 0 Å². The lowest BCUT2D eigenvalue weighted by molar-refractivity contribution is -0.153. The van der Waals surface area contributed by atoms with Gasteiger partial charge in [0.15, 0.2) is 0 Å². The first-order chi connectivity index (χ1) is 12.2. The fraction of sp³-hybridized carbons (Fsp3) is 0.250. The Morgan fingerprint density at radius 1 is 1.00 bits per heavy atom. The van der Waals surface area contributed by atoms with Crippen molar-refractivity contribution in [3.8, 4) is 0 Å². The van der Waals surface area contributed by atoms with Crippen molar-refractivity contribution >= 4 is 23.5 Å². The van der Waals surface area contributed by atoms with E-state index in [4.69, 9.17) is 9.84 Å². The van der Waals surface area contributed by atoms with Crippen LogP contribution in [0.3, 0.4) is 0 Å². The minimum Gasteiger partial charge on any atom is -0.478 e. The fourth-order valence-electron chi connectivity index (χ4n) is 2.32. The Morgan fingerprint density at radius 2 is 1.65 bits per heavy atom. The first kappa shape index (κ1) is 19.2. The largest absolute Gasteiger partial charge is 0.478 e. The zero-order valence-corrected chi connectivity index (χ0v) is 14.9. The number of ether oxygens (including phenoxy) is 1. The van der Waals surface area contributed by atoms with Crippen LogP contribution in [0.15, 0.2) is 48.5 Å². The number of anilines is 1. The molecule has 0 radical (unpaired) electrons. The predicted molar refractivity (Wildman–Crippen MR) is 97.3 cm³/mol. The van der Waals surface area contributed by atoms with Crippen molar-refractivity contribution < 1.29 is 24.2 Å². The molecule has 0 heterocycles. The van der Waals surface area contributed by atoms with E-state index in [1.807, 2.05) is 0 Å². The third kappa shape index (κ3) is 5.44. The number of carboxylic acids is 1. The van der Waals surface area contributed by atoms with Crippen molar-refractivity contribution in [2.75, 3.05) is 5.32 Å². The summed E-state index contributed by atoms with van der Waals surface area (Å²) >= 11 is 0. The number of hydrogen-bond donors (Lipinski definition) is 2. The molecule has 0 fully saturated rings. The van der Waals surface area contributed by atoms with Crippen LogP contribution in [-0.2, 0) is 16.0 Å². The van der Waals surface area contributed by atoms with Gasteiger partial charge in [0.2, 0.25) is 0 Å². The second-order valence-corrected chi connectivity index (χ2v) is 6.76. The Balaban J connectivity index is 2.17. The summed E-state index contributed by atoms with van der Waals surface area (Å²) in [6, 6.07) is 12.7. The second kappa shape index (κ2) is 7.82. The normalized spacial score (nSPS) is 10.9. The molecule has 2 aromatic rings. The Kier molecular flexibility index (Phi) is 5.77. The molecule has 0 aromatic heterocycles. The van der Waals surface area contributed by atoms with E-state index in [-0.39, 0.29) is 17.5 Å². The number of aromatic carboxylic acids is 1. The highest BCUT2D eigenvalue weighted by atomic mass is 16.6. The van der Waals surface area contributed by atoms with Crippen molar-refractivity contribution in [3.05, 3.63) is 65.2 Å². The summed E-state index contributed by atoms with van der Waals surface area (Å²) in [7, 11) is 0. The lowest BCUT2D eigenvalue weighted by atomic mass is 10.1. The molecule has 6 heteroatoms. The van der Waals surface area contributed by atoms with E-state index in [0.717, 1.165) is 0 Å². The smallest absolute Gasteiger partial charge is 0.335 e. The maximum atomic E-state index is 12.4. The molecule has 0 bridgehead atoms. The quantitative estimate of drug-likeness (QED) is 0.801. The van der Waals surface area contributed by atoms with Gasteiger partial charge in [0.05, 0.1) is 12.0 Å². The van der Waals surface area contributed by atoms with Gasteiger partial charge in [-0.1, -0.05) is 24.3 Å². The maximum Gasteiger partial charge on any atom is 0.335 e. The average Bonchev–Trinajstić information content (AvgIpc) is 2.55. The summed E-state index contributed by atoms with van der Waals surface area (Å²) in [5.41, 5.74) is 0.747. The van der Waals surface area contributed by atoms with E-state index < -0.39 is 23.4 Å². The molecule has 0 saturated heterocycles. The standard InChI is InChI=1S/C20H21NO5/c1-20(2,3)26-17(22)12-13-7-4-5-10-16(13)21-18(23)14-8-6-9-15(11-14)19(24)25/h4-11H,12H2,1-3H3,(H,21,23)(H,24,25). The van der Waals surface area contributed by atoms with Gasteiger partial charge in [0.25, 0.3) is 5.91 Å². The third-order valence-corrected chi connectivity index (χ3v) is 3.39. The molecule has 0 aliphatic rings. The second-order valence-electron chi connectivity index (χ2n) is 6.76. The van der Waals surface area contributed by atoms with Crippen LogP contribution in [0.4, 0.5) is 5.69 Å². The van der Waals surface area contributed by atoms with Gasteiger partial charge < -0.3 is 15.2 Å². The molecule has 0 spiro atoms. The molecule has 0 unspecified atom stereocenters. The number of nitrogens with one attached hydrogen (secondary N) is 1. The van der Waals surface area contributed by atoms with Gasteiger partial charge in [-0.3, -0.25) is 9.59 Å². The third-order valence-electron chi connectivity index (χ3n) is 3.39. The molecule has 0 saturated carbocycles. The Labute approximate surface area is 151 Å². The fourth-order valence-corrected chi connectivity index (χ4v) is 2.32. The van der Waals surface area contributed by atoms with Gasteiger partial charge in [0.1, 0.15) is 5.60 Å². The van der Waals surface area contributed by atoms with Crippen LogP contribution >= 0.6 is 0 Å². The number of rotatable bonds is 5. The summed E-state index contributed by atoms with van der Waals surface area (Å²) in [6.45, 7) is 5.36. The number of carboxylic acid groups (broad SMARTS) is 1. The van der Waals surface area contributed by atoms with Crippen LogP contribution in [0, 0.1) is 0 Å². The molecule has 0 aliphatic heterocycles. The number of amides is 1. The molecule has 0 atom stereocenters. The lowest BCUT2D eigenvalue weighted by Crippen LogP contribution is -2.25. The van der Waals surface area contributed by atoms with E-state index in [1.165, 1.54) is 24.3 Å². The first-order valence-corrected chi connectivity index (χ1v) is 8.10. The van der Waals surface area contributed by atoms with Gasteiger partial charge in [-0.05, 0) is 50.6 Å².